The van der Waals surface area contributed by atoms with Crippen molar-refractivity contribution in [2.24, 2.45) is 5.92 Å². The molecule has 0 aliphatic rings. The number of Topliss-reactive ketones (excluding diaryl/α,β-unsaturated/α-hetero) is 1. The predicted molar refractivity (Wildman–Crippen MR) is 90.3 cm³/mol. The highest BCUT2D eigenvalue weighted by Crippen LogP contribution is 2.19. The van der Waals surface area contributed by atoms with Crippen molar-refractivity contribution >= 4 is 11.5 Å². The molecule has 3 nitrogen and oxygen atoms in total. The summed E-state index contributed by atoms with van der Waals surface area (Å²) in [6.45, 7) is 3.55. The first-order valence-electron chi connectivity index (χ1n) is 7.76. The van der Waals surface area contributed by atoms with E-state index in [9.17, 15) is 9.90 Å². The molecule has 0 heterocycles. The Hall–Kier alpha value is -2.13. The third-order valence-corrected chi connectivity index (χ3v) is 3.85. The molecule has 3 heteroatoms. The van der Waals surface area contributed by atoms with Gasteiger partial charge in [0.2, 0.25) is 0 Å². The normalized spacial score (nSPS) is 11.9. The molecule has 22 heavy (non-hydrogen) atoms. The molecule has 0 spiro atoms. The Kier molecular flexibility index (Phi) is 6.16. The van der Waals surface area contributed by atoms with Crippen LogP contribution in [-0.4, -0.2) is 30.6 Å². The lowest BCUT2D eigenvalue weighted by Gasteiger charge is -2.27. The number of hydrogen-bond acceptors (Lipinski definition) is 3. The minimum Gasteiger partial charge on any atom is -0.396 e. The molecule has 1 unspecified atom stereocenters. The SMILES string of the molecule is CCN(CC(CCO)C(=O)c1ccccc1)c1ccccc1. The number of hydrogen-bond donors (Lipinski definition) is 1. The topological polar surface area (TPSA) is 40.5 Å². The zero-order valence-corrected chi connectivity index (χ0v) is 13.0. The van der Waals surface area contributed by atoms with E-state index in [2.05, 4.69) is 11.8 Å². The minimum atomic E-state index is -0.201. The lowest BCUT2D eigenvalue weighted by molar-refractivity contribution is 0.0899. The van der Waals surface area contributed by atoms with E-state index in [0.29, 0.717) is 18.5 Å². The van der Waals surface area contributed by atoms with Gasteiger partial charge in [-0.15, -0.1) is 0 Å². The number of benzene rings is 2. The van der Waals surface area contributed by atoms with Gasteiger partial charge < -0.3 is 10.0 Å². The Morgan fingerprint density at radius 1 is 1.05 bits per heavy atom. The third kappa shape index (κ3) is 4.18. The Morgan fingerprint density at radius 2 is 1.64 bits per heavy atom. The van der Waals surface area contributed by atoms with Crippen LogP contribution < -0.4 is 4.90 Å². The predicted octanol–water partition coefficient (Wildman–Crippen LogP) is 3.39. The van der Waals surface area contributed by atoms with Gasteiger partial charge in [-0.2, -0.15) is 0 Å². The fourth-order valence-electron chi connectivity index (χ4n) is 2.62. The van der Waals surface area contributed by atoms with Gasteiger partial charge in [0.1, 0.15) is 0 Å². The van der Waals surface area contributed by atoms with Crippen molar-refractivity contribution in [1.29, 1.82) is 0 Å². The number of nitrogens with zero attached hydrogens (tertiary/aromatic N) is 1. The summed E-state index contributed by atoms with van der Waals surface area (Å²) in [5.74, 6) is -0.100. The number of carbonyl (C=O) groups excluding carboxylic acids is 1. The summed E-state index contributed by atoms with van der Waals surface area (Å²) in [5.41, 5.74) is 1.82. The molecule has 1 N–H and O–H groups in total. The lowest BCUT2D eigenvalue weighted by atomic mass is 9.94. The highest BCUT2D eigenvalue weighted by atomic mass is 16.3. The van der Waals surface area contributed by atoms with Crippen LogP contribution in [0.5, 0.6) is 0 Å². The summed E-state index contributed by atoms with van der Waals surface area (Å²) in [6, 6.07) is 19.4. The first-order chi connectivity index (χ1) is 10.8. The molecule has 2 aromatic carbocycles. The molecule has 0 bridgehead atoms. The Balaban J connectivity index is 2.15. The van der Waals surface area contributed by atoms with E-state index in [4.69, 9.17) is 0 Å². The molecule has 0 radical (unpaired) electrons. The molecular formula is C19H23NO2. The van der Waals surface area contributed by atoms with Gasteiger partial charge in [0, 0.05) is 36.9 Å². The van der Waals surface area contributed by atoms with E-state index >= 15 is 0 Å². The molecule has 0 saturated carbocycles. The van der Waals surface area contributed by atoms with Crippen molar-refractivity contribution in [3.63, 3.8) is 0 Å². The Labute approximate surface area is 132 Å². The second kappa shape index (κ2) is 8.35. The average Bonchev–Trinajstić information content (AvgIpc) is 2.59. The number of para-hydroxylation sites is 1. The second-order valence-electron chi connectivity index (χ2n) is 5.31. The first-order valence-corrected chi connectivity index (χ1v) is 7.76. The van der Waals surface area contributed by atoms with Crippen LogP contribution in [0.4, 0.5) is 5.69 Å². The summed E-state index contributed by atoms with van der Waals surface area (Å²) in [4.78, 5) is 14.9. The van der Waals surface area contributed by atoms with Crippen molar-refractivity contribution < 1.29 is 9.90 Å². The number of ketones is 1. The van der Waals surface area contributed by atoms with Crippen molar-refractivity contribution in [1.82, 2.24) is 0 Å². The number of rotatable bonds is 8. The van der Waals surface area contributed by atoms with Gasteiger partial charge in [0.25, 0.3) is 0 Å². The average molecular weight is 297 g/mol. The molecule has 0 amide bonds. The fourth-order valence-corrected chi connectivity index (χ4v) is 2.62. The smallest absolute Gasteiger partial charge is 0.167 e. The van der Waals surface area contributed by atoms with E-state index < -0.39 is 0 Å². The Morgan fingerprint density at radius 3 is 2.18 bits per heavy atom. The van der Waals surface area contributed by atoms with E-state index in [0.717, 1.165) is 12.2 Å². The van der Waals surface area contributed by atoms with Gasteiger partial charge in [-0.25, -0.2) is 0 Å². The zero-order valence-electron chi connectivity index (χ0n) is 13.0. The summed E-state index contributed by atoms with van der Waals surface area (Å²) >= 11 is 0. The molecule has 1 atom stereocenters. The lowest BCUT2D eigenvalue weighted by Crippen LogP contribution is -2.33. The highest BCUT2D eigenvalue weighted by Gasteiger charge is 2.22. The first kappa shape index (κ1) is 16.2. The quantitative estimate of drug-likeness (QED) is 0.759. The minimum absolute atomic E-state index is 0.0234. The van der Waals surface area contributed by atoms with Gasteiger partial charge in [-0.1, -0.05) is 48.5 Å². The van der Waals surface area contributed by atoms with Gasteiger partial charge in [0.05, 0.1) is 0 Å². The maximum Gasteiger partial charge on any atom is 0.167 e. The number of carbonyl (C=O) groups is 1. The molecule has 2 rings (SSSR count). The molecule has 116 valence electrons. The molecule has 0 aromatic heterocycles. The number of anilines is 1. The third-order valence-electron chi connectivity index (χ3n) is 3.85. The van der Waals surface area contributed by atoms with Gasteiger partial charge in [-0.3, -0.25) is 4.79 Å². The van der Waals surface area contributed by atoms with Crippen LogP contribution in [0.1, 0.15) is 23.7 Å². The summed E-state index contributed by atoms with van der Waals surface area (Å²) in [6.07, 6.45) is 0.483. The van der Waals surface area contributed by atoms with Crippen LogP contribution in [0.2, 0.25) is 0 Å². The van der Waals surface area contributed by atoms with E-state index in [1.165, 1.54) is 0 Å². The molecule has 0 aliphatic heterocycles. The highest BCUT2D eigenvalue weighted by molar-refractivity contribution is 5.98. The molecular weight excluding hydrogens is 274 g/mol. The van der Waals surface area contributed by atoms with Crippen LogP contribution in [0.15, 0.2) is 60.7 Å². The summed E-state index contributed by atoms with van der Waals surface area (Å²) in [7, 11) is 0. The monoisotopic (exact) mass is 297 g/mol. The van der Waals surface area contributed by atoms with Crippen LogP contribution in [-0.2, 0) is 0 Å². The summed E-state index contributed by atoms with van der Waals surface area (Å²) < 4.78 is 0. The van der Waals surface area contributed by atoms with Crippen LogP contribution in [0, 0.1) is 5.92 Å². The van der Waals surface area contributed by atoms with Crippen molar-refractivity contribution in [2.45, 2.75) is 13.3 Å². The van der Waals surface area contributed by atoms with Crippen molar-refractivity contribution in [3.05, 3.63) is 66.2 Å². The van der Waals surface area contributed by atoms with Gasteiger partial charge >= 0.3 is 0 Å². The van der Waals surface area contributed by atoms with Gasteiger partial charge in [-0.05, 0) is 25.5 Å². The van der Waals surface area contributed by atoms with E-state index in [-0.39, 0.29) is 18.3 Å². The fraction of sp³-hybridized carbons (Fsp3) is 0.316. The molecule has 2 aromatic rings. The van der Waals surface area contributed by atoms with Crippen LogP contribution >= 0.6 is 0 Å². The van der Waals surface area contributed by atoms with Crippen molar-refractivity contribution in [3.8, 4) is 0 Å². The van der Waals surface area contributed by atoms with Gasteiger partial charge in [0.15, 0.2) is 5.78 Å². The molecule has 0 saturated heterocycles. The maximum atomic E-state index is 12.7. The van der Waals surface area contributed by atoms with E-state index in [1.807, 2.05) is 60.7 Å². The van der Waals surface area contributed by atoms with E-state index in [1.54, 1.807) is 0 Å². The molecule has 0 aliphatic carbocycles. The number of aliphatic hydroxyl groups is 1. The Bertz CT molecular complexity index is 569. The number of aliphatic hydroxyl groups excluding tert-OH is 1. The summed E-state index contributed by atoms with van der Waals surface area (Å²) in [5, 5.41) is 9.32. The largest absolute Gasteiger partial charge is 0.396 e. The maximum absolute atomic E-state index is 12.7. The molecule has 0 fully saturated rings. The van der Waals surface area contributed by atoms with Crippen LogP contribution in [0.25, 0.3) is 0 Å². The standard InChI is InChI=1S/C19H23NO2/c1-2-20(18-11-7-4-8-12-18)15-17(13-14-21)19(22)16-9-5-3-6-10-16/h3-12,17,21H,2,13-15H2,1H3. The van der Waals surface area contributed by atoms with Crippen molar-refractivity contribution in [2.75, 3.05) is 24.6 Å². The second-order valence-corrected chi connectivity index (χ2v) is 5.31. The zero-order chi connectivity index (χ0) is 15.8. The van der Waals surface area contributed by atoms with Crippen LogP contribution in [0.3, 0.4) is 0 Å².